The number of hydrogen-bond acceptors (Lipinski definition) is 4. The van der Waals surface area contributed by atoms with E-state index in [2.05, 4.69) is 31.4 Å². The van der Waals surface area contributed by atoms with Crippen LogP contribution in [-0.2, 0) is 11.2 Å². The number of thiazole rings is 1. The molecule has 0 saturated carbocycles. The van der Waals surface area contributed by atoms with Gasteiger partial charge in [0, 0.05) is 21.0 Å². The highest BCUT2D eigenvalue weighted by molar-refractivity contribution is 9.10. The number of halogens is 1. The molecule has 120 valence electrons. The van der Waals surface area contributed by atoms with Gasteiger partial charge in [-0.05, 0) is 6.07 Å². The van der Waals surface area contributed by atoms with E-state index in [0.717, 1.165) is 26.3 Å². The van der Waals surface area contributed by atoms with Gasteiger partial charge in [0.05, 0.1) is 18.3 Å². The summed E-state index contributed by atoms with van der Waals surface area (Å²) in [5, 5.41) is 6.71. The maximum absolute atomic E-state index is 12.0. The maximum Gasteiger partial charge on any atom is 0.246 e. The lowest BCUT2D eigenvalue weighted by atomic mass is 10.2. The van der Waals surface area contributed by atoms with Crippen molar-refractivity contribution in [3.63, 3.8) is 0 Å². The average Bonchev–Trinajstić information content (AvgIpc) is 3.06. The molecular weight excluding hydrogens is 386 g/mol. The number of amides is 1. The van der Waals surface area contributed by atoms with Crippen LogP contribution in [0.4, 0.5) is 0 Å². The fourth-order valence-electron chi connectivity index (χ4n) is 2.06. The minimum Gasteiger partial charge on any atom is -0.273 e. The van der Waals surface area contributed by atoms with Gasteiger partial charge in [0.15, 0.2) is 0 Å². The SMILES string of the molecule is O=C(Cc1nc(-c2ccccc2)cs1)N/N=C\c1ccccc1Br. The molecule has 3 aromatic rings. The molecule has 6 heteroatoms. The standard InChI is InChI=1S/C18H14BrN3OS/c19-15-9-5-4-8-14(15)11-20-22-17(23)10-18-21-16(12-24-18)13-6-2-1-3-7-13/h1-9,11-12H,10H2,(H,22,23)/b20-11-. The molecule has 0 atom stereocenters. The van der Waals surface area contributed by atoms with E-state index in [0.29, 0.717) is 0 Å². The van der Waals surface area contributed by atoms with E-state index in [1.165, 1.54) is 11.3 Å². The summed E-state index contributed by atoms with van der Waals surface area (Å²) in [6, 6.07) is 17.6. The Bertz CT molecular complexity index is 861. The molecule has 0 aliphatic carbocycles. The van der Waals surface area contributed by atoms with E-state index < -0.39 is 0 Å². The van der Waals surface area contributed by atoms with E-state index in [-0.39, 0.29) is 12.3 Å². The molecule has 0 aliphatic heterocycles. The van der Waals surface area contributed by atoms with E-state index in [9.17, 15) is 4.79 Å². The molecule has 2 aromatic carbocycles. The molecule has 0 fully saturated rings. The Labute approximate surface area is 152 Å². The summed E-state index contributed by atoms with van der Waals surface area (Å²) < 4.78 is 0.926. The van der Waals surface area contributed by atoms with Gasteiger partial charge >= 0.3 is 0 Å². The summed E-state index contributed by atoms with van der Waals surface area (Å²) in [6.07, 6.45) is 1.82. The van der Waals surface area contributed by atoms with E-state index in [1.54, 1.807) is 6.21 Å². The first kappa shape index (κ1) is 16.5. The molecule has 24 heavy (non-hydrogen) atoms. The fourth-order valence-corrected chi connectivity index (χ4v) is 3.25. The molecule has 1 aromatic heterocycles. The van der Waals surface area contributed by atoms with Crippen LogP contribution in [0.15, 0.2) is 69.6 Å². The predicted molar refractivity (Wildman–Crippen MR) is 101 cm³/mol. The average molecular weight is 400 g/mol. The molecule has 0 bridgehead atoms. The number of carbonyl (C=O) groups is 1. The van der Waals surface area contributed by atoms with Crippen LogP contribution in [0.3, 0.4) is 0 Å². The normalized spacial score (nSPS) is 10.9. The number of rotatable bonds is 5. The first-order valence-electron chi connectivity index (χ1n) is 7.28. The van der Waals surface area contributed by atoms with Crippen LogP contribution in [-0.4, -0.2) is 17.1 Å². The molecule has 0 radical (unpaired) electrons. The van der Waals surface area contributed by atoms with Gasteiger partial charge in [0.2, 0.25) is 5.91 Å². The highest BCUT2D eigenvalue weighted by Gasteiger charge is 2.08. The molecule has 3 rings (SSSR count). The van der Waals surface area contributed by atoms with Gasteiger partial charge in [0.1, 0.15) is 5.01 Å². The van der Waals surface area contributed by atoms with Crippen LogP contribution in [0.2, 0.25) is 0 Å². The third-order valence-electron chi connectivity index (χ3n) is 3.23. The second kappa shape index (κ2) is 7.99. The lowest BCUT2D eigenvalue weighted by Crippen LogP contribution is -2.19. The van der Waals surface area contributed by atoms with Gasteiger partial charge in [-0.3, -0.25) is 4.79 Å². The minimum absolute atomic E-state index is 0.188. The number of nitrogens with zero attached hydrogens (tertiary/aromatic N) is 2. The van der Waals surface area contributed by atoms with Gasteiger partial charge in [0.25, 0.3) is 0 Å². The second-order valence-corrected chi connectivity index (χ2v) is 6.78. The topological polar surface area (TPSA) is 54.4 Å². The first-order valence-corrected chi connectivity index (χ1v) is 8.96. The summed E-state index contributed by atoms with van der Waals surface area (Å²) in [6.45, 7) is 0. The first-order chi connectivity index (χ1) is 11.7. The van der Waals surface area contributed by atoms with Crippen LogP contribution < -0.4 is 5.43 Å². The number of carbonyl (C=O) groups excluding carboxylic acids is 1. The van der Waals surface area contributed by atoms with Gasteiger partial charge < -0.3 is 0 Å². The number of nitrogens with one attached hydrogen (secondary N) is 1. The number of benzene rings is 2. The predicted octanol–water partition coefficient (Wildman–Crippen LogP) is 4.27. The lowest BCUT2D eigenvalue weighted by molar-refractivity contribution is -0.120. The molecule has 0 saturated heterocycles. The largest absolute Gasteiger partial charge is 0.273 e. The van der Waals surface area contributed by atoms with Crippen molar-refractivity contribution < 1.29 is 4.79 Å². The maximum atomic E-state index is 12.0. The summed E-state index contributed by atoms with van der Waals surface area (Å²) in [5.41, 5.74) is 5.37. The zero-order valence-corrected chi connectivity index (χ0v) is 15.0. The van der Waals surface area contributed by atoms with Crippen molar-refractivity contribution in [1.82, 2.24) is 10.4 Å². The van der Waals surface area contributed by atoms with Crippen molar-refractivity contribution in [3.05, 3.63) is 75.0 Å². The fraction of sp³-hybridized carbons (Fsp3) is 0.0556. The molecule has 0 unspecified atom stereocenters. The summed E-state index contributed by atoms with van der Waals surface area (Å²) >= 11 is 4.90. The zero-order valence-electron chi connectivity index (χ0n) is 12.6. The zero-order chi connectivity index (χ0) is 16.8. The van der Waals surface area contributed by atoms with Crippen LogP contribution in [0.5, 0.6) is 0 Å². The van der Waals surface area contributed by atoms with Crippen molar-refractivity contribution in [2.75, 3.05) is 0 Å². The van der Waals surface area contributed by atoms with Crippen molar-refractivity contribution in [1.29, 1.82) is 0 Å². The molecular formula is C18H14BrN3OS. The highest BCUT2D eigenvalue weighted by atomic mass is 79.9. The van der Waals surface area contributed by atoms with E-state index in [4.69, 9.17) is 0 Å². The van der Waals surface area contributed by atoms with Crippen molar-refractivity contribution >= 4 is 39.4 Å². The van der Waals surface area contributed by atoms with Gasteiger partial charge in [-0.15, -0.1) is 11.3 Å². The molecule has 1 N–H and O–H groups in total. The number of hydrogen-bond donors (Lipinski definition) is 1. The van der Waals surface area contributed by atoms with Crippen LogP contribution in [0.25, 0.3) is 11.3 Å². The Balaban J connectivity index is 1.58. The summed E-state index contributed by atoms with van der Waals surface area (Å²) in [4.78, 5) is 16.5. The molecule has 0 aliphatic rings. The van der Waals surface area contributed by atoms with Crippen LogP contribution >= 0.6 is 27.3 Å². The third-order valence-corrected chi connectivity index (χ3v) is 4.80. The van der Waals surface area contributed by atoms with E-state index >= 15 is 0 Å². The Kier molecular flexibility index (Phi) is 5.51. The molecule has 4 nitrogen and oxygen atoms in total. The Morgan fingerprint density at radius 2 is 1.92 bits per heavy atom. The van der Waals surface area contributed by atoms with Gasteiger partial charge in [-0.1, -0.05) is 64.5 Å². The van der Waals surface area contributed by atoms with Crippen LogP contribution in [0, 0.1) is 0 Å². The second-order valence-electron chi connectivity index (χ2n) is 4.98. The number of aromatic nitrogens is 1. The Morgan fingerprint density at radius 1 is 1.17 bits per heavy atom. The van der Waals surface area contributed by atoms with Crippen molar-refractivity contribution in [2.45, 2.75) is 6.42 Å². The monoisotopic (exact) mass is 399 g/mol. The minimum atomic E-state index is -0.188. The van der Waals surface area contributed by atoms with Gasteiger partial charge in [-0.2, -0.15) is 5.10 Å². The summed E-state index contributed by atoms with van der Waals surface area (Å²) in [7, 11) is 0. The van der Waals surface area contributed by atoms with Crippen LogP contribution in [0.1, 0.15) is 10.6 Å². The number of hydrazone groups is 1. The molecule has 1 heterocycles. The van der Waals surface area contributed by atoms with Crippen molar-refractivity contribution in [2.24, 2.45) is 5.10 Å². The van der Waals surface area contributed by atoms with Crippen molar-refractivity contribution in [3.8, 4) is 11.3 Å². The van der Waals surface area contributed by atoms with Gasteiger partial charge in [-0.25, -0.2) is 10.4 Å². The lowest BCUT2D eigenvalue weighted by Gasteiger charge is -1.99. The Morgan fingerprint density at radius 3 is 2.71 bits per heavy atom. The van der Waals surface area contributed by atoms with E-state index in [1.807, 2.05) is 60.0 Å². The quantitative estimate of drug-likeness (QED) is 0.514. The smallest absolute Gasteiger partial charge is 0.246 e. The Hall–Kier alpha value is -2.31. The molecule has 1 amide bonds. The third kappa shape index (κ3) is 4.37. The molecule has 0 spiro atoms. The highest BCUT2D eigenvalue weighted by Crippen LogP contribution is 2.21. The summed E-state index contributed by atoms with van der Waals surface area (Å²) in [5.74, 6) is -0.188.